The molecule has 0 aliphatic heterocycles. The van der Waals surface area contributed by atoms with Crippen LogP contribution in [-0.4, -0.2) is 12.6 Å². The van der Waals surface area contributed by atoms with Crippen molar-refractivity contribution in [3.8, 4) is 0 Å². The summed E-state index contributed by atoms with van der Waals surface area (Å²) in [5, 5.41) is 7.55. The van der Waals surface area contributed by atoms with Crippen molar-refractivity contribution in [1.29, 1.82) is 0 Å². The van der Waals surface area contributed by atoms with E-state index in [4.69, 9.17) is 0 Å². The molecule has 0 spiro atoms. The Kier molecular flexibility index (Phi) is 4.74. The molecule has 1 aromatic heterocycles. The second-order valence-corrected chi connectivity index (χ2v) is 7.01. The fourth-order valence-corrected chi connectivity index (χ4v) is 4.61. The number of benzene rings is 1. The standard InChI is InChI=1S/C18H25NS/c1-2-19-16(11-14-7-3-4-8-14)12-15-13-20-18-10-6-5-9-17(15)18/h5-6,9-10,13-14,16,19H,2-4,7-8,11-12H2,1H3. The minimum absolute atomic E-state index is 0.654. The first-order valence-electron chi connectivity index (χ1n) is 8.05. The van der Waals surface area contributed by atoms with Crippen molar-refractivity contribution in [3.63, 3.8) is 0 Å². The normalized spacial score (nSPS) is 17.9. The SMILES string of the molecule is CCNC(Cc1csc2ccccc12)CC1CCCC1. The van der Waals surface area contributed by atoms with Gasteiger partial charge in [0.2, 0.25) is 0 Å². The van der Waals surface area contributed by atoms with Crippen molar-refractivity contribution in [3.05, 3.63) is 35.2 Å². The summed E-state index contributed by atoms with van der Waals surface area (Å²) in [6.07, 6.45) is 8.35. The Hall–Kier alpha value is -0.860. The lowest BCUT2D eigenvalue weighted by atomic mass is 9.94. The Balaban J connectivity index is 1.71. The minimum Gasteiger partial charge on any atom is -0.314 e. The molecule has 108 valence electrons. The molecule has 3 rings (SSSR count). The molecule has 2 heteroatoms. The van der Waals surface area contributed by atoms with Crippen LogP contribution < -0.4 is 5.32 Å². The number of hydrogen-bond donors (Lipinski definition) is 1. The van der Waals surface area contributed by atoms with Crippen LogP contribution in [0.15, 0.2) is 29.6 Å². The predicted molar refractivity (Wildman–Crippen MR) is 89.6 cm³/mol. The molecule has 20 heavy (non-hydrogen) atoms. The van der Waals surface area contributed by atoms with Crippen LogP contribution in [0.2, 0.25) is 0 Å². The largest absolute Gasteiger partial charge is 0.314 e. The van der Waals surface area contributed by atoms with E-state index in [0.29, 0.717) is 6.04 Å². The summed E-state index contributed by atoms with van der Waals surface area (Å²) in [6.45, 7) is 3.31. The summed E-state index contributed by atoms with van der Waals surface area (Å²) in [5.41, 5.74) is 1.54. The number of fused-ring (bicyclic) bond motifs is 1. The van der Waals surface area contributed by atoms with E-state index in [0.717, 1.165) is 12.5 Å². The number of thiophene rings is 1. The molecule has 1 unspecified atom stereocenters. The van der Waals surface area contributed by atoms with Gasteiger partial charge in [0.05, 0.1) is 0 Å². The van der Waals surface area contributed by atoms with Gasteiger partial charge in [-0.15, -0.1) is 11.3 Å². The highest BCUT2D eigenvalue weighted by atomic mass is 32.1. The van der Waals surface area contributed by atoms with Crippen molar-refractivity contribution in [2.75, 3.05) is 6.54 Å². The molecule has 0 bridgehead atoms. The minimum atomic E-state index is 0.654. The summed E-state index contributed by atoms with van der Waals surface area (Å²) in [7, 11) is 0. The molecule has 2 aromatic rings. The highest BCUT2D eigenvalue weighted by Crippen LogP contribution is 2.31. The first-order chi connectivity index (χ1) is 9.86. The van der Waals surface area contributed by atoms with Crippen LogP contribution in [0.4, 0.5) is 0 Å². The molecule has 1 fully saturated rings. The summed E-state index contributed by atoms with van der Waals surface area (Å²) in [6, 6.07) is 9.48. The Morgan fingerprint density at radius 3 is 2.85 bits per heavy atom. The maximum absolute atomic E-state index is 3.72. The molecular formula is C18H25NS. The summed E-state index contributed by atoms with van der Waals surface area (Å²) >= 11 is 1.89. The summed E-state index contributed by atoms with van der Waals surface area (Å²) in [5.74, 6) is 0.962. The van der Waals surface area contributed by atoms with Crippen molar-refractivity contribution in [2.45, 2.75) is 51.5 Å². The molecule has 1 aromatic carbocycles. The Bertz CT molecular complexity index is 539. The van der Waals surface area contributed by atoms with Crippen LogP contribution in [0.3, 0.4) is 0 Å². The topological polar surface area (TPSA) is 12.0 Å². The monoisotopic (exact) mass is 287 g/mol. The van der Waals surface area contributed by atoms with Gasteiger partial charge in [-0.1, -0.05) is 50.8 Å². The molecule has 1 atom stereocenters. The predicted octanol–water partition coefficient (Wildman–Crippen LogP) is 5.00. The summed E-state index contributed by atoms with van der Waals surface area (Å²) < 4.78 is 1.43. The molecule has 0 saturated heterocycles. The average Bonchev–Trinajstić information content (AvgIpc) is 3.10. The maximum Gasteiger partial charge on any atom is 0.0345 e. The van der Waals surface area contributed by atoms with Gasteiger partial charge in [-0.05, 0) is 47.7 Å². The molecule has 1 aliphatic rings. The zero-order valence-electron chi connectivity index (χ0n) is 12.4. The van der Waals surface area contributed by atoms with E-state index in [1.807, 2.05) is 11.3 Å². The number of hydrogen-bond acceptors (Lipinski definition) is 2. The Labute approximate surface area is 126 Å². The van der Waals surface area contributed by atoms with Gasteiger partial charge in [0.1, 0.15) is 0 Å². The van der Waals surface area contributed by atoms with E-state index in [2.05, 4.69) is 41.9 Å². The van der Waals surface area contributed by atoms with E-state index in [1.54, 1.807) is 0 Å². The van der Waals surface area contributed by atoms with Crippen molar-refractivity contribution >= 4 is 21.4 Å². The van der Waals surface area contributed by atoms with Crippen molar-refractivity contribution < 1.29 is 0 Å². The zero-order chi connectivity index (χ0) is 13.8. The van der Waals surface area contributed by atoms with Gasteiger partial charge < -0.3 is 5.32 Å². The van der Waals surface area contributed by atoms with Gasteiger partial charge >= 0.3 is 0 Å². The van der Waals surface area contributed by atoms with Crippen molar-refractivity contribution in [1.82, 2.24) is 5.32 Å². The first kappa shape index (κ1) is 14.1. The van der Waals surface area contributed by atoms with Gasteiger partial charge in [-0.25, -0.2) is 0 Å². The van der Waals surface area contributed by atoms with Gasteiger partial charge in [0, 0.05) is 10.7 Å². The zero-order valence-corrected chi connectivity index (χ0v) is 13.2. The van der Waals surface area contributed by atoms with E-state index >= 15 is 0 Å². The second-order valence-electron chi connectivity index (χ2n) is 6.10. The third-order valence-corrected chi connectivity index (χ3v) is 5.63. The lowest BCUT2D eigenvalue weighted by molar-refractivity contribution is 0.391. The van der Waals surface area contributed by atoms with Crippen LogP contribution >= 0.6 is 11.3 Å². The highest BCUT2D eigenvalue weighted by molar-refractivity contribution is 7.17. The smallest absolute Gasteiger partial charge is 0.0345 e. The molecule has 1 N–H and O–H groups in total. The third kappa shape index (κ3) is 3.24. The number of rotatable bonds is 6. The molecular weight excluding hydrogens is 262 g/mol. The van der Waals surface area contributed by atoms with Gasteiger partial charge in [0.15, 0.2) is 0 Å². The van der Waals surface area contributed by atoms with E-state index < -0.39 is 0 Å². The van der Waals surface area contributed by atoms with Crippen LogP contribution in [0.1, 0.15) is 44.6 Å². The van der Waals surface area contributed by atoms with Gasteiger partial charge in [0.25, 0.3) is 0 Å². The molecule has 0 radical (unpaired) electrons. The second kappa shape index (κ2) is 6.73. The molecule has 1 heterocycles. The van der Waals surface area contributed by atoms with Crippen LogP contribution in [-0.2, 0) is 6.42 Å². The van der Waals surface area contributed by atoms with E-state index in [9.17, 15) is 0 Å². The van der Waals surface area contributed by atoms with Crippen LogP contribution in [0, 0.1) is 5.92 Å². The fourth-order valence-electron chi connectivity index (χ4n) is 3.63. The molecule has 1 nitrogen and oxygen atoms in total. The number of nitrogens with one attached hydrogen (secondary N) is 1. The quantitative estimate of drug-likeness (QED) is 0.788. The first-order valence-corrected chi connectivity index (χ1v) is 8.93. The Morgan fingerprint density at radius 2 is 2.05 bits per heavy atom. The average molecular weight is 287 g/mol. The lowest BCUT2D eigenvalue weighted by Crippen LogP contribution is -2.32. The highest BCUT2D eigenvalue weighted by Gasteiger charge is 2.20. The molecule has 0 amide bonds. The fraction of sp³-hybridized carbons (Fsp3) is 0.556. The summed E-state index contributed by atoms with van der Waals surface area (Å²) in [4.78, 5) is 0. The van der Waals surface area contributed by atoms with Crippen LogP contribution in [0.5, 0.6) is 0 Å². The van der Waals surface area contributed by atoms with Crippen LogP contribution in [0.25, 0.3) is 10.1 Å². The van der Waals surface area contributed by atoms with Crippen molar-refractivity contribution in [2.24, 2.45) is 5.92 Å². The van der Waals surface area contributed by atoms with Gasteiger partial charge in [-0.2, -0.15) is 0 Å². The lowest BCUT2D eigenvalue weighted by Gasteiger charge is -2.21. The third-order valence-electron chi connectivity index (χ3n) is 4.61. The molecule has 1 aliphatic carbocycles. The van der Waals surface area contributed by atoms with E-state index in [-0.39, 0.29) is 0 Å². The maximum atomic E-state index is 3.72. The van der Waals surface area contributed by atoms with E-state index in [1.165, 1.54) is 54.2 Å². The van der Waals surface area contributed by atoms with Gasteiger partial charge in [-0.3, -0.25) is 0 Å². The number of likely N-dealkylation sites (N-methyl/N-ethyl adjacent to an activating group) is 1. The molecule has 1 saturated carbocycles. The Morgan fingerprint density at radius 1 is 1.25 bits per heavy atom.